The summed E-state index contributed by atoms with van der Waals surface area (Å²) in [4.78, 5) is 29.0. The molecule has 3 aliphatic heterocycles. The van der Waals surface area contributed by atoms with Gasteiger partial charge in [0, 0.05) is 6.54 Å². The zero-order valence-corrected chi connectivity index (χ0v) is 19.6. The van der Waals surface area contributed by atoms with Crippen LogP contribution in [-0.2, 0) is 13.9 Å². The van der Waals surface area contributed by atoms with Gasteiger partial charge in [-0.1, -0.05) is 20.8 Å². The van der Waals surface area contributed by atoms with Crippen molar-refractivity contribution < 1.29 is 23.5 Å². The van der Waals surface area contributed by atoms with E-state index in [0.29, 0.717) is 13.2 Å². The van der Waals surface area contributed by atoms with Crippen LogP contribution in [0.15, 0.2) is 0 Å². The first-order valence-corrected chi connectivity index (χ1v) is 13.2. The number of hydrogen-bond acceptors (Lipinski definition) is 5. The van der Waals surface area contributed by atoms with Crippen LogP contribution in [0, 0.1) is 0 Å². The summed E-state index contributed by atoms with van der Waals surface area (Å²) < 4.78 is 17.7. The lowest BCUT2D eigenvalue weighted by molar-refractivity contribution is -0.0159. The molecular formula is C20H36N2O5Si. The Labute approximate surface area is 169 Å². The molecule has 0 radical (unpaired) electrons. The zero-order valence-electron chi connectivity index (χ0n) is 18.6. The van der Waals surface area contributed by atoms with Crippen LogP contribution in [-0.4, -0.2) is 73.3 Å². The number of nitrogens with zero attached hydrogens (tertiary/aromatic N) is 2. The first-order valence-electron chi connectivity index (χ1n) is 10.3. The first kappa shape index (κ1) is 21.4. The molecule has 3 rings (SSSR count). The van der Waals surface area contributed by atoms with Gasteiger partial charge in [-0.2, -0.15) is 0 Å². The predicted molar refractivity (Wildman–Crippen MR) is 109 cm³/mol. The van der Waals surface area contributed by atoms with E-state index >= 15 is 0 Å². The van der Waals surface area contributed by atoms with Crippen LogP contribution >= 0.6 is 0 Å². The van der Waals surface area contributed by atoms with E-state index < -0.39 is 13.9 Å². The lowest BCUT2D eigenvalue weighted by atomic mass is 9.99. The highest BCUT2D eigenvalue weighted by molar-refractivity contribution is 6.74. The molecule has 0 aromatic rings. The van der Waals surface area contributed by atoms with Crippen LogP contribution in [0.4, 0.5) is 9.59 Å². The van der Waals surface area contributed by atoms with Crippen LogP contribution in [0.25, 0.3) is 0 Å². The minimum atomic E-state index is -1.96. The monoisotopic (exact) mass is 412 g/mol. The van der Waals surface area contributed by atoms with Crippen molar-refractivity contribution in [1.82, 2.24) is 9.80 Å². The Balaban J connectivity index is 1.76. The van der Waals surface area contributed by atoms with E-state index in [-0.39, 0.29) is 41.5 Å². The molecule has 8 heteroatoms. The highest BCUT2D eigenvalue weighted by atomic mass is 28.4. The molecule has 0 aromatic heterocycles. The summed E-state index contributed by atoms with van der Waals surface area (Å²) >= 11 is 0. The highest BCUT2D eigenvalue weighted by Gasteiger charge is 2.58. The number of cyclic esters (lactones) is 1. The molecule has 160 valence electrons. The minimum absolute atomic E-state index is 0.00343. The summed E-state index contributed by atoms with van der Waals surface area (Å²) in [5.41, 5.74) is -0.541. The third kappa shape index (κ3) is 3.90. The Kier molecular flexibility index (Phi) is 5.28. The molecule has 0 aromatic carbocycles. The molecule has 0 N–H and O–H groups in total. The maximum absolute atomic E-state index is 12.8. The maximum Gasteiger partial charge on any atom is 0.410 e. The van der Waals surface area contributed by atoms with E-state index in [1.54, 1.807) is 0 Å². The third-order valence-electron chi connectivity index (χ3n) is 6.59. The van der Waals surface area contributed by atoms with Crippen LogP contribution in [0.1, 0.15) is 54.4 Å². The number of fused-ring (bicyclic) bond motifs is 4. The van der Waals surface area contributed by atoms with Gasteiger partial charge in [0.05, 0.1) is 24.7 Å². The molecule has 2 unspecified atom stereocenters. The lowest BCUT2D eigenvalue weighted by Gasteiger charge is -2.44. The summed E-state index contributed by atoms with van der Waals surface area (Å²) in [6, 6.07) is -0.236. The number of piperazine rings is 1. The summed E-state index contributed by atoms with van der Waals surface area (Å²) in [5, 5.41) is 0.0862. The number of rotatable bonds is 3. The van der Waals surface area contributed by atoms with E-state index in [1.165, 1.54) is 0 Å². The number of ether oxygens (including phenoxy) is 2. The zero-order chi connectivity index (χ0) is 21.1. The van der Waals surface area contributed by atoms with Gasteiger partial charge in [-0.3, -0.25) is 9.80 Å². The Morgan fingerprint density at radius 2 is 1.82 bits per heavy atom. The van der Waals surface area contributed by atoms with Crippen LogP contribution in [0.2, 0.25) is 18.1 Å². The average molecular weight is 413 g/mol. The summed E-state index contributed by atoms with van der Waals surface area (Å²) in [5.74, 6) is 0. The third-order valence-corrected chi connectivity index (χ3v) is 11.1. The lowest BCUT2D eigenvalue weighted by Crippen LogP contribution is -2.63. The summed E-state index contributed by atoms with van der Waals surface area (Å²) in [6.07, 6.45) is 0.825. The van der Waals surface area contributed by atoms with Crippen molar-refractivity contribution in [3.8, 4) is 0 Å². The Morgan fingerprint density at radius 3 is 2.39 bits per heavy atom. The van der Waals surface area contributed by atoms with Crippen molar-refractivity contribution >= 4 is 20.5 Å². The molecule has 28 heavy (non-hydrogen) atoms. The van der Waals surface area contributed by atoms with Gasteiger partial charge in [0.15, 0.2) is 8.32 Å². The topological polar surface area (TPSA) is 68.3 Å². The predicted octanol–water partition coefficient (Wildman–Crippen LogP) is 3.98. The van der Waals surface area contributed by atoms with Crippen molar-refractivity contribution in [2.75, 3.05) is 13.2 Å². The van der Waals surface area contributed by atoms with Crippen molar-refractivity contribution in [2.45, 2.75) is 102 Å². The molecular weight excluding hydrogens is 376 g/mol. The van der Waals surface area contributed by atoms with Gasteiger partial charge in [0.2, 0.25) is 0 Å². The fourth-order valence-corrected chi connectivity index (χ4v) is 5.15. The standard InChI is InChI=1S/C20H36N2O5Si/c1-19(2,3)27-18(24)22-13-9-10-14(22)16-15(26-17(23)21(16)11-13)12-25-28(7,8)20(4,5)6/h13-16H,9-12H2,1-8H3/t13-,14+,15?,16?/m0/s1. The Morgan fingerprint density at radius 1 is 1.18 bits per heavy atom. The molecule has 0 spiro atoms. The molecule has 3 saturated heterocycles. The molecule has 7 nitrogen and oxygen atoms in total. The molecule has 3 fully saturated rings. The second-order valence-electron chi connectivity index (χ2n) is 10.8. The smallest absolute Gasteiger partial charge is 0.410 e. The number of carbonyl (C=O) groups excluding carboxylic acids is 2. The largest absolute Gasteiger partial charge is 0.444 e. The minimum Gasteiger partial charge on any atom is -0.444 e. The van der Waals surface area contributed by atoms with Gasteiger partial charge < -0.3 is 13.9 Å². The van der Waals surface area contributed by atoms with E-state index in [9.17, 15) is 9.59 Å². The van der Waals surface area contributed by atoms with Crippen LogP contribution in [0.3, 0.4) is 0 Å². The highest BCUT2D eigenvalue weighted by Crippen LogP contribution is 2.42. The average Bonchev–Trinajstić information content (AvgIpc) is 3.00. The Bertz CT molecular complexity index is 639. The molecule has 0 saturated carbocycles. The van der Waals surface area contributed by atoms with Gasteiger partial charge in [-0.25, -0.2) is 9.59 Å². The van der Waals surface area contributed by atoms with Crippen molar-refractivity contribution in [3.05, 3.63) is 0 Å². The fraction of sp³-hybridized carbons (Fsp3) is 0.900. The van der Waals surface area contributed by atoms with Gasteiger partial charge >= 0.3 is 12.2 Å². The van der Waals surface area contributed by atoms with E-state index in [4.69, 9.17) is 13.9 Å². The van der Waals surface area contributed by atoms with Gasteiger partial charge in [0.25, 0.3) is 0 Å². The second-order valence-corrected chi connectivity index (χ2v) is 15.6. The number of amides is 2. The molecule has 3 heterocycles. The molecule has 0 aliphatic carbocycles. The maximum atomic E-state index is 12.8. The number of hydrogen-bond donors (Lipinski definition) is 0. The quantitative estimate of drug-likeness (QED) is 0.656. The molecule has 4 atom stereocenters. The van der Waals surface area contributed by atoms with E-state index in [2.05, 4.69) is 33.9 Å². The van der Waals surface area contributed by atoms with Gasteiger partial charge in [-0.05, 0) is 51.7 Å². The number of carbonyl (C=O) groups is 2. The second kappa shape index (κ2) is 6.90. The van der Waals surface area contributed by atoms with Gasteiger partial charge in [0.1, 0.15) is 11.7 Å². The van der Waals surface area contributed by atoms with E-state index in [0.717, 1.165) is 12.8 Å². The molecule has 3 aliphatic rings. The summed E-state index contributed by atoms with van der Waals surface area (Å²) in [6.45, 7) is 17.5. The SMILES string of the molecule is CC(C)(C)OC(=O)N1[C@H]2CC[C@@H]1C1C(CO[Si](C)(C)C(C)(C)C)OC(=O)N1C2. The van der Waals surface area contributed by atoms with Crippen molar-refractivity contribution in [1.29, 1.82) is 0 Å². The Hall–Kier alpha value is -1.28. The van der Waals surface area contributed by atoms with Crippen LogP contribution in [0.5, 0.6) is 0 Å². The molecule has 2 bridgehead atoms. The summed E-state index contributed by atoms with van der Waals surface area (Å²) in [7, 11) is -1.96. The molecule has 2 amide bonds. The van der Waals surface area contributed by atoms with Crippen molar-refractivity contribution in [2.24, 2.45) is 0 Å². The normalized spacial score (nSPS) is 30.4. The fourth-order valence-electron chi connectivity index (χ4n) is 4.13. The van der Waals surface area contributed by atoms with Gasteiger partial charge in [-0.15, -0.1) is 0 Å². The van der Waals surface area contributed by atoms with Crippen molar-refractivity contribution in [3.63, 3.8) is 0 Å². The van der Waals surface area contributed by atoms with Crippen LogP contribution < -0.4 is 0 Å². The van der Waals surface area contributed by atoms with E-state index in [1.807, 2.05) is 30.6 Å². The first-order chi connectivity index (χ1) is 12.7.